The maximum atomic E-state index is 3.74. The van der Waals surface area contributed by atoms with Gasteiger partial charge >= 0.3 is 0 Å². The number of hydrogen-bond acceptors (Lipinski definition) is 3. The first kappa shape index (κ1) is 14.8. The zero-order chi connectivity index (χ0) is 13.9. The van der Waals surface area contributed by atoms with E-state index in [0.29, 0.717) is 6.04 Å². The number of rotatable bonds is 4. The normalized spacial score (nSPS) is 35.7. The van der Waals surface area contributed by atoms with Crippen LogP contribution >= 0.6 is 0 Å². The van der Waals surface area contributed by atoms with Crippen LogP contribution in [-0.2, 0) is 0 Å². The van der Waals surface area contributed by atoms with Crippen LogP contribution in [0.2, 0.25) is 0 Å². The third-order valence-electron chi connectivity index (χ3n) is 5.75. The quantitative estimate of drug-likeness (QED) is 0.853. The van der Waals surface area contributed by atoms with Crippen molar-refractivity contribution in [1.82, 2.24) is 15.1 Å². The van der Waals surface area contributed by atoms with Gasteiger partial charge in [-0.05, 0) is 59.0 Å². The average Bonchev–Trinajstić information content (AvgIpc) is 2.89. The van der Waals surface area contributed by atoms with Crippen LogP contribution in [0.4, 0.5) is 0 Å². The molecule has 3 nitrogen and oxygen atoms in total. The maximum absolute atomic E-state index is 3.74. The Balaban J connectivity index is 1.63. The fraction of sp³-hybridized carbons (Fsp3) is 1.00. The molecule has 3 unspecified atom stereocenters. The van der Waals surface area contributed by atoms with Crippen LogP contribution in [-0.4, -0.2) is 60.1 Å². The van der Waals surface area contributed by atoms with Gasteiger partial charge in [-0.1, -0.05) is 12.8 Å². The van der Waals surface area contributed by atoms with Crippen LogP contribution in [0.25, 0.3) is 0 Å². The smallest absolute Gasteiger partial charge is 0.0267 e. The highest BCUT2D eigenvalue weighted by atomic mass is 15.3. The van der Waals surface area contributed by atoms with E-state index in [-0.39, 0.29) is 0 Å². The first-order valence-corrected chi connectivity index (χ1v) is 8.99. The van der Waals surface area contributed by atoms with Crippen molar-refractivity contribution in [2.75, 3.05) is 26.2 Å². The summed E-state index contributed by atoms with van der Waals surface area (Å²) in [6, 6.07) is 3.10. The average molecular weight is 279 g/mol. The zero-order valence-corrected chi connectivity index (χ0v) is 13.5. The number of nitrogens with one attached hydrogen (secondary N) is 1. The summed E-state index contributed by atoms with van der Waals surface area (Å²) in [5, 5.41) is 3.74. The minimum absolute atomic E-state index is 0.686. The second-order valence-corrected chi connectivity index (χ2v) is 7.39. The zero-order valence-electron chi connectivity index (χ0n) is 13.5. The Labute approximate surface area is 125 Å². The molecule has 0 aromatic rings. The van der Waals surface area contributed by atoms with Crippen molar-refractivity contribution in [3.05, 3.63) is 0 Å². The van der Waals surface area contributed by atoms with Gasteiger partial charge in [-0.2, -0.15) is 0 Å². The minimum Gasteiger partial charge on any atom is -0.313 e. The summed E-state index contributed by atoms with van der Waals surface area (Å²) in [5.41, 5.74) is 0. The molecule has 3 atom stereocenters. The van der Waals surface area contributed by atoms with Crippen molar-refractivity contribution < 1.29 is 0 Å². The third-order valence-corrected chi connectivity index (χ3v) is 5.75. The van der Waals surface area contributed by atoms with Crippen molar-refractivity contribution in [2.24, 2.45) is 0 Å². The maximum Gasteiger partial charge on any atom is 0.0267 e. The summed E-state index contributed by atoms with van der Waals surface area (Å²) in [5.74, 6) is 0. The summed E-state index contributed by atoms with van der Waals surface area (Å²) in [6.07, 6.45) is 9.88. The molecule has 3 heterocycles. The first-order chi connectivity index (χ1) is 9.75. The molecule has 0 aromatic heterocycles. The molecule has 0 aromatic carbocycles. The van der Waals surface area contributed by atoms with Crippen LogP contribution < -0.4 is 5.32 Å². The molecule has 1 N–H and O–H groups in total. The van der Waals surface area contributed by atoms with E-state index in [9.17, 15) is 0 Å². The van der Waals surface area contributed by atoms with Crippen molar-refractivity contribution >= 4 is 0 Å². The molecule has 20 heavy (non-hydrogen) atoms. The lowest BCUT2D eigenvalue weighted by Crippen LogP contribution is -2.54. The van der Waals surface area contributed by atoms with E-state index in [4.69, 9.17) is 0 Å². The molecule has 3 rings (SSSR count). The van der Waals surface area contributed by atoms with E-state index in [1.807, 2.05) is 0 Å². The van der Waals surface area contributed by atoms with E-state index >= 15 is 0 Å². The van der Waals surface area contributed by atoms with Crippen LogP contribution in [0.1, 0.15) is 58.8 Å². The van der Waals surface area contributed by atoms with Gasteiger partial charge in [-0.25, -0.2) is 0 Å². The summed E-state index contributed by atoms with van der Waals surface area (Å²) in [7, 11) is 0. The predicted octanol–water partition coefficient (Wildman–Crippen LogP) is 2.47. The largest absolute Gasteiger partial charge is 0.313 e. The summed E-state index contributed by atoms with van der Waals surface area (Å²) < 4.78 is 0. The summed E-state index contributed by atoms with van der Waals surface area (Å²) >= 11 is 0. The van der Waals surface area contributed by atoms with Crippen LogP contribution in [0.15, 0.2) is 0 Å². The molecule has 3 saturated heterocycles. The van der Waals surface area contributed by atoms with E-state index in [1.165, 1.54) is 71.1 Å². The van der Waals surface area contributed by atoms with Gasteiger partial charge in [0.2, 0.25) is 0 Å². The predicted molar refractivity (Wildman–Crippen MR) is 85.1 cm³/mol. The third kappa shape index (κ3) is 3.20. The monoisotopic (exact) mass is 279 g/mol. The Hall–Kier alpha value is -0.120. The van der Waals surface area contributed by atoms with Crippen LogP contribution in [0, 0.1) is 0 Å². The molecular weight excluding hydrogens is 246 g/mol. The van der Waals surface area contributed by atoms with E-state index in [1.54, 1.807) is 0 Å². The molecule has 0 amide bonds. The van der Waals surface area contributed by atoms with Crippen LogP contribution in [0.3, 0.4) is 0 Å². The molecule has 3 aliphatic rings. The molecule has 116 valence electrons. The Kier molecular flexibility index (Phi) is 5.00. The Morgan fingerprint density at radius 2 is 1.90 bits per heavy atom. The molecule has 0 bridgehead atoms. The van der Waals surface area contributed by atoms with Gasteiger partial charge in [-0.3, -0.25) is 9.80 Å². The van der Waals surface area contributed by atoms with Crippen molar-refractivity contribution in [3.63, 3.8) is 0 Å². The second-order valence-electron chi connectivity index (χ2n) is 7.39. The SMILES string of the molecule is CC(C)N(CC1CCCCN1)C1CCN2CCCCC12. The van der Waals surface area contributed by atoms with Gasteiger partial charge in [0.15, 0.2) is 0 Å². The summed E-state index contributed by atoms with van der Waals surface area (Å²) in [6.45, 7) is 10.00. The van der Waals surface area contributed by atoms with Crippen molar-refractivity contribution in [1.29, 1.82) is 0 Å². The highest BCUT2D eigenvalue weighted by molar-refractivity contribution is 4.97. The van der Waals surface area contributed by atoms with Gasteiger partial charge in [0.25, 0.3) is 0 Å². The van der Waals surface area contributed by atoms with Gasteiger partial charge < -0.3 is 5.32 Å². The minimum atomic E-state index is 0.686. The topological polar surface area (TPSA) is 18.5 Å². The van der Waals surface area contributed by atoms with Crippen molar-refractivity contribution in [3.8, 4) is 0 Å². The van der Waals surface area contributed by atoms with Gasteiger partial charge in [0, 0.05) is 37.3 Å². The highest BCUT2D eigenvalue weighted by Gasteiger charge is 2.39. The van der Waals surface area contributed by atoms with Gasteiger partial charge in [0.1, 0.15) is 0 Å². The Morgan fingerprint density at radius 1 is 1.05 bits per heavy atom. The van der Waals surface area contributed by atoms with Gasteiger partial charge in [-0.15, -0.1) is 0 Å². The molecule has 0 saturated carbocycles. The van der Waals surface area contributed by atoms with Crippen LogP contribution in [0.5, 0.6) is 0 Å². The molecule has 0 radical (unpaired) electrons. The number of nitrogens with zero attached hydrogens (tertiary/aromatic N) is 2. The lowest BCUT2D eigenvalue weighted by atomic mass is 9.95. The lowest BCUT2D eigenvalue weighted by Gasteiger charge is -2.42. The van der Waals surface area contributed by atoms with Crippen molar-refractivity contribution in [2.45, 2.75) is 83.0 Å². The number of fused-ring (bicyclic) bond motifs is 1. The molecular formula is C17H33N3. The Bertz CT molecular complexity index is 299. The van der Waals surface area contributed by atoms with E-state index in [2.05, 4.69) is 29.0 Å². The van der Waals surface area contributed by atoms with E-state index < -0.39 is 0 Å². The molecule has 0 aliphatic carbocycles. The Morgan fingerprint density at radius 3 is 2.65 bits per heavy atom. The van der Waals surface area contributed by atoms with E-state index in [0.717, 1.165) is 18.1 Å². The molecule has 0 spiro atoms. The summed E-state index contributed by atoms with van der Waals surface area (Å²) in [4.78, 5) is 5.61. The lowest BCUT2D eigenvalue weighted by molar-refractivity contribution is 0.0798. The number of piperidine rings is 2. The first-order valence-electron chi connectivity index (χ1n) is 8.99. The second kappa shape index (κ2) is 6.76. The molecule has 3 fully saturated rings. The van der Waals surface area contributed by atoms with Gasteiger partial charge in [0.05, 0.1) is 0 Å². The fourth-order valence-corrected chi connectivity index (χ4v) is 4.67. The molecule has 3 heteroatoms. The fourth-order valence-electron chi connectivity index (χ4n) is 4.67. The highest BCUT2D eigenvalue weighted by Crippen LogP contribution is 2.31. The molecule has 3 aliphatic heterocycles. The standard InChI is InChI=1S/C17H33N3/c1-14(2)20(13-15-7-3-5-10-18-15)17-9-12-19-11-6-4-8-16(17)19/h14-18H,3-13H2,1-2H3. The number of hydrogen-bond donors (Lipinski definition) is 1.